The van der Waals surface area contributed by atoms with Crippen LogP contribution in [0.2, 0.25) is 0 Å². The number of hydrogen-bond donors (Lipinski definition) is 2. The minimum atomic E-state index is -0.0325. The predicted molar refractivity (Wildman–Crippen MR) is 69.9 cm³/mol. The molecule has 0 heterocycles. The fourth-order valence-electron chi connectivity index (χ4n) is 2.67. The summed E-state index contributed by atoms with van der Waals surface area (Å²) in [6.07, 6.45) is 3.64. The summed E-state index contributed by atoms with van der Waals surface area (Å²) >= 11 is 0. The Labute approximate surface area is 101 Å². The summed E-state index contributed by atoms with van der Waals surface area (Å²) in [7, 11) is 0. The molecular weight excluding hydrogens is 210 g/mol. The molecule has 0 radical (unpaired) electrons. The molecule has 1 aliphatic carbocycles. The lowest BCUT2D eigenvalue weighted by atomic mass is 9.76. The Bertz CT molecular complexity index is 546. The molecule has 0 amide bonds. The number of fused-ring (bicyclic) bond motifs is 1. The van der Waals surface area contributed by atoms with Crippen molar-refractivity contribution in [1.82, 2.24) is 0 Å². The predicted octanol–water partition coefficient (Wildman–Crippen LogP) is 3.35. The third-order valence-electron chi connectivity index (χ3n) is 3.94. The van der Waals surface area contributed by atoms with Gasteiger partial charge in [-0.05, 0) is 35.6 Å². The normalized spacial score (nSPS) is 17.9. The van der Waals surface area contributed by atoms with Gasteiger partial charge in [-0.25, -0.2) is 0 Å². The monoisotopic (exact) mass is 227 g/mol. The van der Waals surface area contributed by atoms with E-state index in [4.69, 9.17) is 5.73 Å². The molecule has 3 N–H and O–H groups in total. The van der Waals surface area contributed by atoms with Crippen LogP contribution >= 0.6 is 0 Å². The lowest BCUT2D eigenvalue weighted by molar-refractivity contribution is 0.261. The van der Waals surface area contributed by atoms with Gasteiger partial charge in [0, 0.05) is 11.6 Å². The second kappa shape index (κ2) is 4.04. The summed E-state index contributed by atoms with van der Waals surface area (Å²) in [5, 5.41) is 12.3. The molecule has 2 heteroatoms. The molecule has 1 saturated carbocycles. The van der Waals surface area contributed by atoms with Gasteiger partial charge in [-0.15, -0.1) is 0 Å². The third-order valence-corrected chi connectivity index (χ3v) is 3.94. The number of phenolic OH excluding ortho intramolecular Hbond substituents is 1. The molecule has 2 aromatic rings. The Morgan fingerprint density at radius 3 is 2.59 bits per heavy atom. The van der Waals surface area contributed by atoms with Crippen LogP contribution in [0.3, 0.4) is 0 Å². The van der Waals surface area contributed by atoms with E-state index >= 15 is 0 Å². The van der Waals surface area contributed by atoms with Crippen molar-refractivity contribution in [2.45, 2.75) is 25.3 Å². The number of hydrogen-bond acceptors (Lipinski definition) is 2. The van der Waals surface area contributed by atoms with Crippen LogP contribution in [0.15, 0.2) is 36.4 Å². The van der Waals surface area contributed by atoms with Crippen molar-refractivity contribution in [2.24, 2.45) is 11.7 Å². The smallest absolute Gasteiger partial charge is 0.120 e. The van der Waals surface area contributed by atoms with Crippen molar-refractivity contribution >= 4 is 10.8 Å². The summed E-state index contributed by atoms with van der Waals surface area (Å²) in [4.78, 5) is 0. The molecule has 2 aromatic carbocycles. The van der Waals surface area contributed by atoms with Crippen molar-refractivity contribution < 1.29 is 5.11 Å². The maximum absolute atomic E-state index is 10.1. The van der Waals surface area contributed by atoms with E-state index in [0.29, 0.717) is 11.7 Å². The van der Waals surface area contributed by atoms with E-state index in [-0.39, 0.29) is 6.04 Å². The molecular formula is C15H17NO. The molecule has 0 saturated heterocycles. The molecule has 3 rings (SSSR count). The van der Waals surface area contributed by atoms with E-state index in [1.54, 1.807) is 6.07 Å². The molecule has 2 nitrogen and oxygen atoms in total. The van der Waals surface area contributed by atoms with Crippen LogP contribution in [-0.4, -0.2) is 5.11 Å². The zero-order valence-corrected chi connectivity index (χ0v) is 9.76. The van der Waals surface area contributed by atoms with Gasteiger partial charge in [0.05, 0.1) is 0 Å². The Morgan fingerprint density at radius 2 is 1.88 bits per heavy atom. The van der Waals surface area contributed by atoms with E-state index in [1.807, 2.05) is 24.3 Å². The first-order valence-corrected chi connectivity index (χ1v) is 6.23. The van der Waals surface area contributed by atoms with Crippen molar-refractivity contribution in [1.29, 1.82) is 0 Å². The average Bonchev–Trinajstić information content (AvgIpc) is 2.26. The van der Waals surface area contributed by atoms with Crippen molar-refractivity contribution in [3.8, 4) is 5.75 Å². The molecule has 0 spiro atoms. The second-order valence-electron chi connectivity index (χ2n) is 4.94. The molecule has 1 atom stereocenters. The standard InChI is InChI=1S/C15H17NO/c16-15(11-5-3-6-11)14-12-7-2-1-4-10(12)8-9-13(14)17/h1-2,4,7-9,11,15,17H,3,5-6,16H2/t15-/m0/s1. The highest BCUT2D eigenvalue weighted by atomic mass is 16.3. The summed E-state index contributed by atoms with van der Waals surface area (Å²) in [6.45, 7) is 0. The van der Waals surface area contributed by atoms with Crippen LogP contribution in [0.1, 0.15) is 30.9 Å². The molecule has 1 fully saturated rings. The molecule has 1 aliphatic rings. The minimum Gasteiger partial charge on any atom is -0.508 e. The lowest BCUT2D eigenvalue weighted by Gasteiger charge is -2.32. The van der Waals surface area contributed by atoms with Crippen molar-refractivity contribution in [3.63, 3.8) is 0 Å². The van der Waals surface area contributed by atoms with E-state index in [2.05, 4.69) is 6.07 Å². The summed E-state index contributed by atoms with van der Waals surface area (Å²) in [5.74, 6) is 0.870. The highest BCUT2D eigenvalue weighted by molar-refractivity contribution is 5.88. The van der Waals surface area contributed by atoms with Crippen molar-refractivity contribution in [2.75, 3.05) is 0 Å². The van der Waals surface area contributed by atoms with Gasteiger partial charge in [-0.3, -0.25) is 0 Å². The van der Waals surface area contributed by atoms with Gasteiger partial charge in [0.1, 0.15) is 5.75 Å². The van der Waals surface area contributed by atoms with Gasteiger partial charge in [-0.2, -0.15) is 0 Å². The maximum Gasteiger partial charge on any atom is 0.120 e. The van der Waals surface area contributed by atoms with E-state index < -0.39 is 0 Å². The zero-order valence-electron chi connectivity index (χ0n) is 9.76. The first-order valence-electron chi connectivity index (χ1n) is 6.23. The quantitative estimate of drug-likeness (QED) is 0.826. The van der Waals surface area contributed by atoms with Crippen molar-refractivity contribution in [3.05, 3.63) is 42.0 Å². The fourth-order valence-corrected chi connectivity index (χ4v) is 2.67. The third kappa shape index (κ3) is 1.69. The summed E-state index contributed by atoms with van der Waals surface area (Å²) < 4.78 is 0. The van der Waals surface area contributed by atoms with Crippen LogP contribution in [0.4, 0.5) is 0 Å². The number of nitrogens with two attached hydrogens (primary N) is 1. The Hall–Kier alpha value is -1.54. The number of aromatic hydroxyl groups is 1. The summed E-state index contributed by atoms with van der Waals surface area (Å²) in [6, 6.07) is 11.8. The first-order chi connectivity index (χ1) is 8.27. The van der Waals surface area contributed by atoms with Gasteiger partial charge < -0.3 is 10.8 Å². The maximum atomic E-state index is 10.1. The molecule has 0 unspecified atom stereocenters. The van der Waals surface area contributed by atoms with Gasteiger partial charge >= 0.3 is 0 Å². The highest BCUT2D eigenvalue weighted by Gasteiger charge is 2.28. The highest BCUT2D eigenvalue weighted by Crippen LogP contribution is 2.41. The van der Waals surface area contributed by atoms with Crippen LogP contribution in [0.25, 0.3) is 10.8 Å². The SMILES string of the molecule is N[C@H](c1c(O)ccc2ccccc12)C1CCC1. The largest absolute Gasteiger partial charge is 0.508 e. The van der Waals surface area contributed by atoms with Gasteiger partial charge in [0.25, 0.3) is 0 Å². The van der Waals surface area contributed by atoms with Crippen LogP contribution < -0.4 is 5.73 Å². The Morgan fingerprint density at radius 1 is 1.12 bits per heavy atom. The molecule has 0 bridgehead atoms. The molecule has 88 valence electrons. The van der Waals surface area contributed by atoms with Gasteiger partial charge in [-0.1, -0.05) is 36.8 Å². The molecule has 0 aromatic heterocycles. The molecule has 17 heavy (non-hydrogen) atoms. The van der Waals surface area contributed by atoms with Crippen LogP contribution in [0.5, 0.6) is 5.75 Å². The van der Waals surface area contributed by atoms with E-state index in [1.165, 1.54) is 19.3 Å². The van der Waals surface area contributed by atoms with Gasteiger partial charge in [0.15, 0.2) is 0 Å². The van der Waals surface area contributed by atoms with E-state index in [0.717, 1.165) is 16.3 Å². The average molecular weight is 227 g/mol. The fraction of sp³-hybridized carbons (Fsp3) is 0.333. The molecule has 0 aliphatic heterocycles. The van der Waals surface area contributed by atoms with Crippen LogP contribution in [-0.2, 0) is 0 Å². The number of rotatable bonds is 2. The second-order valence-corrected chi connectivity index (χ2v) is 4.94. The number of phenols is 1. The number of benzene rings is 2. The Balaban J connectivity index is 2.15. The zero-order chi connectivity index (χ0) is 11.8. The first kappa shape index (κ1) is 10.6. The van der Waals surface area contributed by atoms with Crippen LogP contribution in [0, 0.1) is 5.92 Å². The topological polar surface area (TPSA) is 46.2 Å². The lowest BCUT2D eigenvalue weighted by Crippen LogP contribution is -2.27. The Kier molecular flexibility index (Phi) is 2.52. The summed E-state index contributed by atoms with van der Waals surface area (Å²) in [5.41, 5.74) is 7.23. The van der Waals surface area contributed by atoms with Gasteiger partial charge in [0.2, 0.25) is 0 Å². The van der Waals surface area contributed by atoms with E-state index in [9.17, 15) is 5.11 Å². The minimum absolute atomic E-state index is 0.0325.